The Morgan fingerprint density at radius 2 is 1.69 bits per heavy atom. The van der Waals surface area contributed by atoms with Gasteiger partial charge in [-0.1, -0.05) is 0 Å². The van der Waals surface area contributed by atoms with Crippen LogP contribution < -0.4 is 5.32 Å². The number of likely N-dealkylation sites (tertiary alicyclic amines) is 1. The summed E-state index contributed by atoms with van der Waals surface area (Å²) in [5.41, 5.74) is 1.94. The molecule has 0 spiro atoms. The van der Waals surface area contributed by atoms with Crippen LogP contribution in [0.4, 0.5) is 10.1 Å². The number of rotatable bonds is 4. The highest BCUT2D eigenvalue weighted by Crippen LogP contribution is 2.21. The van der Waals surface area contributed by atoms with E-state index in [1.807, 2.05) is 12.1 Å². The Balaban J connectivity index is 1.31. The van der Waals surface area contributed by atoms with E-state index in [9.17, 15) is 14.0 Å². The molecular weight excluding hydrogens is 375 g/mol. The second-order valence-electron chi connectivity index (χ2n) is 6.86. The number of carbonyl (C=O) groups is 2. The summed E-state index contributed by atoms with van der Waals surface area (Å²) in [6.07, 6.45) is 2.66. The lowest BCUT2D eigenvalue weighted by molar-refractivity contribution is -0.121. The zero-order chi connectivity index (χ0) is 20.2. The van der Waals surface area contributed by atoms with Gasteiger partial charge in [-0.2, -0.15) is 0 Å². The number of nitrogens with one attached hydrogen (secondary N) is 1. The zero-order valence-electron chi connectivity index (χ0n) is 15.5. The van der Waals surface area contributed by atoms with Crippen LogP contribution in [0.3, 0.4) is 0 Å². The predicted molar refractivity (Wildman–Crippen MR) is 103 cm³/mol. The van der Waals surface area contributed by atoms with E-state index < -0.39 is 0 Å². The molecule has 1 aromatic heterocycles. The van der Waals surface area contributed by atoms with E-state index in [4.69, 9.17) is 0 Å². The second-order valence-corrected chi connectivity index (χ2v) is 6.86. The van der Waals surface area contributed by atoms with Crippen molar-refractivity contribution >= 4 is 17.5 Å². The normalized spacial score (nSPS) is 14.6. The smallest absolute Gasteiger partial charge is 0.253 e. The first kappa shape index (κ1) is 18.7. The monoisotopic (exact) mass is 394 g/mol. The molecule has 1 N–H and O–H groups in total. The number of hydrogen-bond acceptors (Lipinski definition) is 5. The van der Waals surface area contributed by atoms with Crippen molar-refractivity contribution in [3.05, 3.63) is 66.2 Å². The Labute approximate surface area is 166 Å². The van der Waals surface area contributed by atoms with Gasteiger partial charge < -0.3 is 10.2 Å². The van der Waals surface area contributed by atoms with Gasteiger partial charge in [-0.05, 0) is 71.8 Å². The van der Waals surface area contributed by atoms with E-state index >= 15 is 0 Å². The molecule has 0 bridgehead atoms. The molecule has 148 valence electrons. The van der Waals surface area contributed by atoms with Crippen molar-refractivity contribution in [2.45, 2.75) is 12.8 Å². The first-order valence-electron chi connectivity index (χ1n) is 9.29. The Morgan fingerprint density at radius 3 is 2.31 bits per heavy atom. The molecule has 29 heavy (non-hydrogen) atoms. The number of amides is 2. The third-order valence-electron chi connectivity index (χ3n) is 4.99. The van der Waals surface area contributed by atoms with E-state index in [1.54, 1.807) is 17.0 Å². The number of halogens is 1. The van der Waals surface area contributed by atoms with Crippen molar-refractivity contribution in [1.29, 1.82) is 0 Å². The number of aromatic nitrogens is 4. The number of anilines is 1. The number of carbonyl (C=O) groups excluding carboxylic acids is 2. The second kappa shape index (κ2) is 8.17. The molecule has 2 amide bonds. The highest BCUT2D eigenvalue weighted by molar-refractivity contribution is 5.95. The van der Waals surface area contributed by atoms with Gasteiger partial charge in [0.1, 0.15) is 12.1 Å². The van der Waals surface area contributed by atoms with Crippen LogP contribution in [0, 0.1) is 11.7 Å². The van der Waals surface area contributed by atoms with Crippen LogP contribution >= 0.6 is 0 Å². The van der Waals surface area contributed by atoms with Gasteiger partial charge in [-0.15, -0.1) is 5.10 Å². The molecule has 2 heterocycles. The quantitative estimate of drug-likeness (QED) is 0.733. The molecular formula is C20H19FN6O2. The third kappa shape index (κ3) is 4.29. The van der Waals surface area contributed by atoms with Crippen LogP contribution in [0.15, 0.2) is 54.9 Å². The molecule has 4 rings (SSSR count). The minimum atomic E-state index is -0.372. The van der Waals surface area contributed by atoms with Gasteiger partial charge >= 0.3 is 0 Å². The number of benzene rings is 2. The molecule has 1 aliphatic heterocycles. The molecule has 2 aromatic carbocycles. The van der Waals surface area contributed by atoms with Crippen molar-refractivity contribution < 1.29 is 14.0 Å². The van der Waals surface area contributed by atoms with Crippen molar-refractivity contribution in [1.82, 2.24) is 25.1 Å². The van der Waals surface area contributed by atoms with Gasteiger partial charge in [0.15, 0.2) is 0 Å². The molecule has 1 saturated heterocycles. The van der Waals surface area contributed by atoms with E-state index in [0.29, 0.717) is 37.2 Å². The summed E-state index contributed by atoms with van der Waals surface area (Å²) in [7, 11) is 0. The number of hydrogen-bond donors (Lipinski definition) is 1. The molecule has 0 unspecified atom stereocenters. The average molecular weight is 394 g/mol. The maximum Gasteiger partial charge on any atom is 0.253 e. The van der Waals surface area contributed by atoms with Crippen molar-refractivity contribution in [3.63, 3.8) is 0 Å². The highest BCUT2D eigenvalue weighted by Gasteiger charge is 2.27. The minimum absolute atomic E-state index is 0.0611. The molecule has 9 heteroatoms. The lowest BCUT2D eigenvalue weighted by Crippen LogP contribution is -2.41. The van der Waals surface area contributed by atoms with Crippen molar-refractivity contribution in [2.75, 3.05) is 18.4 Å². The van der Waals surface area contributed by atoms with E-state index in [0.717, 1.165) is 5.69 Å². The van der Waals surface area contributed by atoms with Crippen LogP contribution in [-0.2, 0) is 4.79 Å². The van der Waals surface area contributed by atoms with Gasteiger partial charge in [0.2, 0.25) is 5.91 Å². The van der Waals surface area contributed by atoms with Crippen molar-refractivity contribution in [3.8, 4) is 5.69 Å². The maximum absolute atomic E-state index is 13.0. The van der Waals surface area contributed by atoms with E-state index in [-0.39, 0.29) is 23.5 Å². The van der Waals surface area contributed by atoms with Crippen molar-refractivity contribution in [2.24, 2.45) is 5.92 Å². The standard InChI is InChI=1S/C20H19FN6O2/c21-16-3-1-15(2-4-16)20(29)26-11-9-14(10-12-26)19(28)23-17-5-7-18(8-6-17)27-13-22-24-25-27/h1-8,13-14H,9-12H2,(H,23,28). The SMILES string of the molecule is O=C(Nc1ccc(-n2cnnn2)cc1)C1CCN(C(=O)c2ccc(F)cc2)CC1. The molecule has 3 aromatic rings. The summed E-state index contributed by atoms with van der Waals surface area (Å²) in [6, 6.07) is 12.7. The van der Waals surface area contributed by atoms with Crippen LogP contribution in [0.5, 0.6) is 0 Å². The largest absolute Gasteiger partial charge is 0.339 e. The Kier molecular flexibility index (Phi) is 5.28. The number of nitrogens with zero attached hydrogens (tertiary/aromatic N) is 5. The Bertz CT molecular complexity index is 981. The third-order valence-corrected chi connectivity index (χ3v) is 4.99. The van der Waals surface area contributed by atoms with Gasteiger partial charge in [-0.25, -0.2) is 9.07 Å². The van der Waals surface area contributed by atoms with Crippen LogP contribution in [0.2, 0.25) is 0 Å². The average Bonchev–Trinajstić information content (AvgIpc) is 3.29. The molecule has 0 saturated carbocycles. The van der Waals surface area contributed by atoms with Gasteiger partial charge in [0, 0.05) is 30.3 Å². The van der Waals surface area contributed by atoms with Gasteiger partial charge in [0.25, 0.3) is 5.91 Å². The first-order valence-corrected chi connectivity index (χ1v) is 9.29. The van der Waals surface area contributed by atoms with Crippen LogP contribution in [0.25, 0.3) is 5.69 Å². The summed E-state index contributed by atoms with van der Waals surface area (Å²) in [6.45, 7) is 0.985. The van der Waals surface area contributed by atoms with E-state index in [2.05, 4.69) is 20.8 Å². The molecule has 0 aliphatic carbocycles. The fraction of sp³-hybridized carbons (Fsp3) is 0.250. The fourth-order valence-electron chi connectivity index (χ4n) is 3.34. The lowest BCUT2D eigenvalue weighted by atomic mass is 9.95. The summed E-state index contributed by atoms with van der Waals surface area (Å²) in [5.74, 6) is -0.731. The predicted octanol–water partition coefficient (Wildman–Crippen LogP) is 2.29. The summed E-state index contributed by atoms with van der Waals surface area (Å²) >= 11 is 0. The minimum Gasteiger partial charge on any atom is -0.339 e. The van der Waals surface area contributed by atoms with Gasteiger partial charge in [-0.3, -0.25) is 9.59 Å². The van der Waals surface area contributed by atoms with Crippen LogP contribution in [0.1, 0.15) is 23.2 Å². The Morgan fingerprint density at radius 1 is 1.00 bits per heavy atom. The summed E-state index contributed by atoms with van der Waals surface area (Å²) < 4.78 is 14.6. The number of tetrazole rings is 1. The van der Waals surface area contributed by atoms with Crippen LogP contribution in [-0.4, -0.2) is 50.0 Å². The topological polar surface area (TPSA) is 93.0 Å². The molecule has 0 radical (unpaired) electrons. The highest BCUT2D eigenvalue weighted by atomic mass is 19.1. The maximum atomic E-state index is 13.0. The molecule has 1 aliphatic rings. The zero-order valence-corrected chi connectivity index (χ0v) is 15.5. The molecule has 0 atom stereocenters. The van der Waals surface area contributed by atoms with E-state index in [1.165, 1.54) is 35.3 Å². The lowest BCUT2D eigenvalue weighted by Gasteiger charge is -2.31. The molecule has 8 nitrogen and oxygen atoms in total. The number of piperidine rings is 1. The molecule has 1 fully saturated rings. The summed E-state index contributed by atoms with van der Waals surface area (Å²) in [4.78, 5) is 26.8. The first-order chi connectivity index (χ1) is 14.1. The van der Waals surface area contributed by atoms with Gasteiger partial charge in [0.05, 0.1) is 5.69 Å². The Hall–Kier alpha value is -3.62. The summed E-state index contributed by atoms with van der Waals surface area (Å²) in [5, 5.41) is 13.9. The fourth-order valence-corrected chi connectivity index (χ4v) is 3.34.